The molecule has 0 heterocycles. The molecule has 0 fully saturated rings. The van der Waals surface area contributed by atoms with Gasteiger partial charge in [0, 0.05) is 6.42 Å². The van der Waals surface area contributed by atoms with Gasteiger partial charge in [-0.25, -0.2) is 9.59 Å². The summed E-state index contributed by atoms with van der Waals surface area (Å²) in [5, 5.41) is 1.37. The Hall–Kier alpha value is -1.89. The van der Waals surface area contributed by atoms with Crippen LogP contribution in [0, 0.1) is 0 Å². The molecule has 14 heteroatoms. The number of alkyl carbamates (subject to hydrolysis) is 1. The number of rotatable bonds is 6. The van der Waals surface area contributed by atoms with E-state index in [-0.39, 0.29) is 0 Å². The van der Waals surface area contributed by atoms with E-state index < -0.39 is 54.1 Å². The van der Waals surface area contributed by atoms with Crippen molar-refractivity contribution >= 4 is 12.1 Å². The topological polar surface area (TPSA) is 64.6 Å². The Morgan fingerprint density at radius 1 is 0.889 bits per heavy atom. The zero-order chi connectivity index (χ0) is 22.1. The number of hydrogen-bond donors (Lipinski definition) is 1. The second kappa shape index (κ2) is 7.62. The number of alkyl halides is 9. The lowest BCUT2D eigenvalue weighted by Crippen LogP contribution is -2.62. The van der Waals surface area contributed by atoms with Crippen LogP contribution in [0.5, 0.6) is 0 Å². The molecule has 0 aliphatic heterocycles. The van der Waals surface area contributed by atoms with Gasteiger partial charge < -0.3 is 14.8 Å². The number of ether oxygens (including phenoxy) is 2. The van der Waals surface area contributed by atoms with Gasteiger partial charge in [-0.05, 0) is 20.8 Å². The van der Waals surface area contributed by atoms with Crippen LogP contribution in [0.4, 0.5) is 44.3 Å². The van der Waals surface area contributed by atoms with Crippen LogP contribution in [0.15, 0.2) is 0 Å². The second-order valence-electron chi connectivity index (χ2n) is 6.28. The third-order valence-corrected chi connectivity index (χ3v) is 2.85. The van der Waals surface area contributed by atoms with Crippen molar-refractivity contribution in [3.63, 3.8) is 0 Å². The maximum Gasteiger partial charge on any atom is 0.460 e. The first-order chi connectivity index (χ1) is 11.7. The highest BCUT2D eigenvalue weighted by Gasteiger charge is 2.81. The molecule has 0 aliphatic carbocycles. The smallest absolute Gasteiger partial charge is 0.460 e. The van der Waals surface area contributed by atoms with Crippen molar-refractivity contribution in [2.75, 3.05) is 7.11 Å². The van der Waals surface area contributed by atoms with Crippen LogP contribution in [-0.2, 0) is 14.3 Å². The molecule has 0 spiro atoms. The van der Waals surface area contributed by atoms with Gasteiger partial charge in [0.1, 0.15) is 11.6 Å². The van der Waals surface area contributed by atoms with Crippen LogP contribution in [0.1, 0.15) is 27.2 Å². The van der Waals surface area contributed by atoms with Crippen LogP contribution in [0.3, 0.4) is 0 Å². The molecule has 1 unspecified atom stereocenters. The lowest BCUT2D eigenvalue weighted by atomic mass is 9.97. The fourth-order valence-electron chi connectivity index (χ4n) is 1.58. The van der Waals surface area contributed by atoms with Gasteiger partial charge in [0.25, 0.3) is 0 Å². The monoisotopic (exact) mass is 421 g/mol. The molecule has 5 nitrogen and oxygen atoms in total. The Morgan fingerprint density at radius 3 is 1.67 bits per heavy atom. The van der Waals surface area contributed by atoms with Crippen molar-refractivity contribution in [2.45, 2.75) is 62.8 Å². The summed E-state index contributed by atoms with van der Waals surface area (Å²) in [5.74, 6) is -21.9. The van der Waals surface area contributed by atoms with Gasteiger partial charge in [-0.2, -0.15) is 39.5 Å². The van der Waals surface area contributed by atoms with Crippen LogP contribution in [0.25, 0.3) is 0 Å². The van der Waals surface area contributed by atoms with E-state index in [9.17, 15) is 49.1 Å². The van der Waals surface area contributed by atoms with E-state index in [4.69, 9.17) is 0 Å². The summed E-state index contributed by atoms with van der Waals surface area (Å²) >= 11 is 0. The second-order valence-corrected chi connectivity index (χ2v) is 6.28. The van der Waals surface area contributed by atoms with Crippen LogP contribution in [-0.4, -0.2) is 54.8 Å². The zero-order valence-electron chi connectivity index (χ0n) is 14.3. The largest absolute Gasteiger partial charge is 0.467 e. The normalized spacial score (nSPS) is 15.1. The highest BCUT2D eigenvalue weighted by molar-refractivity contribution is 5.81. The van der Waals surface area contributed by atoms with Crippen LogP contribution >= 0.6 is 0 Å². The number of hydrogen-bond acceptors (Lipinski definition) is 4. The predicted molar refractivity (Wildman–Crippen MR) is 70.7 cm³/mol. The summed E-state index contributed by atoms with van der Waals surface area (Å²) in [7, 11) is 0.576. The van der Waals surface area contributed by atoms with E-state index in [0.29, 0.717) is 7.11 Å². The Labute approximate surface area is 147 Å². The standard InChI is InChI=1S/C13H16F9NO4/c1-9(2,3)27-8(25)23-6(7(24)26-4)5-10(14,15)11(16,17)12(18,19)13(20,21)22/h6H,5H2,1-4H3,(H,23,25). The summed E-state index contributed by atoms with van der Waals surface area (Å²) in [6.45, 7) is 3.89. The molecular formula is C13H16F9NO4. The van der Waals surface area contributed by atoms with Crippen LogP contribution < -0.4 is 5.32 Å². The minimum atomic E-state index is -7.11. The highest BCUT2D eigenvalue weighted by atomic mass is 19.4. The van der Waals surface area contributed by atoms with E-state index in [1.165, 1.54) is 26.1 Å². The molecule has 1 N–H and O–H groups in total. The Bertz CT molecular complexity index is 555. The van der Waals surface area contributed by atoms with Crippen molar-refractivity contribution in [3.8, 4) is 0 Å². The molecule has 0 aliphatic rings. The number of esters is 1. The quantitative estimate of drug-likeness (QED) is 0.522. The first kappa shape index (κ1) is 25.1. The first-order valence-electron chi connectivity index (χ1n) is 6.97. The molecule has 27 heavy (non-hydrogen) atoms. The minimum absolute atomic E-state index is 0.576. The molecule has 0 saturated carbocycles. The fourth-order valence-corrected chi connectivity index (χ4v) is 1.58. The fraction of sp³-hybridized carbons (Fsp3) is 0.846. The predicted octanol–water partition coefficient (Wildman–Crippen LogP) is 3.91. The maximum absolute atomic E-state index is 13.6. The van der Waals surface area contributed by atoms with Gasteiger partial charge in [-0.15, -0.1) is 0 Å². The maximum atomic E-state index is 13.6. The van der Waals surface area contributed by atoms with E-state index >= 15 is 0 Å². The van der Waals surface area contributed by atoms with Gasteiger partial charge in [0.05, 0.1) is 7.11 Å². The molecule has 0 aromatic rings. The molecule has 0 aromatic heterocycles. The average Bonchev–Trinajstić information content (AvgIpc) is 2.41. The molecular weight excluding hydrogens is 405 g/mol. The lowest BCUT2D eigenvalue weighted by Gasteiger charge is -2.35. The molecule has 0 aromatic carbocycles. The van der Waals surface area contributed by atoms with Gasteiger partial charge >= 0.3 is 36.0 Å². The van der Waals surface area contributed by atoms with Gasteiger partial charge in [-0.3, -0.25) is 0 Å². The lowest BCUT2D eigenvalue weighted by molar-refractivity contribution is -0.397. The van der Waals surface area contributed by atoms with Crippen molar-refractivity contribution < 1.29 is 58.6 Å². The Kier molecular flexibility index (Phi) is 7.09. The summed E-state index contributed by atoms with van der Waals surface area (Å²) in [4.78, 5) is 22.9. The number of carbonyl (C=O) groups excluding carboxylic acids is 2. The molecule has 160 valence electrons. The third kappa shape index (κ3) is 5.79. The van der Waals surface area contributed by atoms with Crippen molar-refractivity contribution in [3.05, 3.63) is 0 Å². The molecule has 1 atom stereocenters. The average molecular weight is 421 g/mol. The van der Waals surface area contributed by atoms with Gasteiger partial charge in [0.15, 0.2) is 0 Å². The Morgan fingerprint density at radius 2 is 1.33 bits per heavy atom. The van der Waals surface area contributed by atoms with Crippen molar-refractivity contribution in [2.24, 2.45) is 0 Å². The van der Waals surface area contributed by atoms with E-state index in [0.717, 1.165) is 0 Å². The van der Waals surface area contributed by atoms with E-state index in [1.807, 2.05) is 0 Å². The molecule has 0 rings (SSSR count). The number of halogens is 9. The summed E-state index contributed by atoms with van der Waals surface area (Å²) in [6, 6.07) is -2.70. The van der Waals surface area contributed by atoms with E-state index in [1.54, 1.807) is 0 Å². The van der Waals surface area contributed by atoms with Gasteiger partial charge in [0.2, 0.25) is 0 Å². The molecule has 0 radical (unpaired) electrons. The zero-order valence-corrected chi connectivity index (χ0v) is 14.3. The first-order valence-corrected chi connectivity index (χ1v) is 6.97. The highest BCUT2D eigenvalue weighted by Crippen LogP contribution is 2.54. The Balaban J connectivity index is 5.69. The third-order valence-electron chi connectivity index (χ3n) is 2.85. The molecule has 1 amide bonds. The van der Waals surface area contributed by atoms with Gasteiger partial charge in [-0.1, -0.05) is 0 Å². The molecule has 0 bridgehead atoms. The summed E-state index contributed by atoms with van der Waals surface area (Å²) < 4.78 is 124. The van der Waals surface area contributed by atoms with E-state index in [2.05, 4.69) is 9.47 Å². The summed E-state index contributed by atoms with van der Waals surface area (Å²) in [5.41, 5.74) is -1.24. The number of nitrogens with one attached hydrogen (secondary N) is 1. The van der Waals surface area contributed by atoms with Crippen LogP contribution in [0.2, 0.25) is 0 Å². The SMILES string of the molecule is COC(=O)C(CC(F)(F)C(F)(F)C(F)(F)C(F)(F)F)NC(=O)OC(C)(C)C. The number of methoxy groups -OCH3 is 1. The summed E-state index contributed by atoms with van der Waals surface area (Å²) in [6.07, 6.45) is -11.2. The molecule has 0 saturated heterocycles. The number of carbonyl (C=O) groups is 2. The minimum Gasteiger partial charge on any atom is -0.467 e. The number of amides is 1. The van der Waals surface area contributed by atoms with Crippen molar-refractivity contribution in [1.29, 1.82) is 0 Å². The van der Waals surface area contributed by atoms with Crippen molar-refractivity contribution in [1.82, 2.24) is 5.32 Å².